The zero-order valence-electron chi connectivity index (χ0n) is 9.60. The number of nitrogens with one attached hydrogen (secondary N) is 1. The van der Waals surface area contributed by atoms with Crippen LogP contribution in [0.2, 0.25) is 0 Å². The van der Waals surface area contributed by atoms with E-state index in [1.807, 2.05) is 25.1 Å². The van der Waals surface area contributed by atoms with Gasteiger partial charge in [0, 0.05) is 12.5 Å². The molecule has 0 aliphatic carbocycles. The van der Waals surface area contributed by atoms with Crippen molar-refractivity contribution in [2.45, 2.75) is 25.8 Å². The minimum atomic E-state index is -0.892. The van der Waals surface area contributed by atoms with Gasteiger partial charge in [0.15, 0.2) is 0 Å². The number of nitrogens with two attached hydrogens (primary N) is 1. The summed E-state index contributed by atoms with van der Waals surface area (Å²) in [7, 11) is 0. The summed E-state index contributed by atoms with van der Waals surface area (Å²) in [6, 6.07) is 5.08. The van der Waals surface area contributed by atoms with Gasteiger partial charge in [0.2, 0.25) is 0 Å². The first-order valence-corrected chi connectivity index (χ1v) is 5.56. The lowest BCUT2D eigenvalue weighted by atomic mass is 10.0. The first kappa shape index (κ1) is 11.6. The van der Waals surface area contributed by atoms with Crippen molar-refractivity contribution in [1.29, 1.82) is 0 Å². The van der Waals surface area contributed by atoms with Gasteiger partial charge < -0.3 is 15.8 Å². The van der Waals surface area contributed by atoms with E-state index in [2.05, 4.69) is 9.97 Å². The van der Waals surface area contributed by atoms with Crippen molar-refractivity contribution in [1.82, 2.24) is 9.97 Å². The number of aromatic nitrogens is 2. The van der Waals surface area contributed by atoms with Gasteiger partial charge in [-0.15, -0.1) is 0 Å². The molecule has 0 spiro atoms. The molecule has 0 saturated carbocycles. The Hall–Kier alpha value is -1.88. The van der Waals surface area contributed by atoms with E-state index in [-0.39, 0.29) is 6.42 Å². The molecule has 1 aromatic heterocycles. The molecule has 0 amide bonds. The third-order valence-corrected chi connectivity index (χ3v) is 2.71. The fourth-order valence-corrected chi connectivity index (χ4v) is 1.78. The highest BCUT2D eigenvalue weighted by Crippen LogP contribution is 2.19. The van der Waals surface area contributed by atoms with Crippen LogP contribution in [0.4, 0.5) is 0 Å². The normalized spacial score (nSPS) is 12.8. The second-order valence-electron chi connectivity index (χ2n) is 4.02. The van der Waals surface area contributed by atoms with E-state index in [4.69, 9.17) is 10.8 Å². The van der Waals surface area contributed by atoms with Crippen LogP contribution in [0.25, 0.3) is 11.0 Å². The van der Waals surface area contributed by atoms with Gasteiger partial charge in [-0.25, -0.2) is 4.98 Å². The highest BCUT2D eigenvalue weighted by Gasteiger charge is 2.12. The van der Waals surface area contributed by atoms with Crippen LogP contribution in [-0.2, 0) is 11.2 Å². The van der Waals surface area contributed by atoms with Crippen LogP contribution >= 0.6 is 0 Å². The number of imidazole rings is 1. The van der Waals surface area contributed by atoms with E-state index >= 15 is 0 Å². The maximum absolute atomic E-state index is 10.6. The number of H-pyrrole nitrogens is 1. The third kappa shape index (κ3) is 2.45. The molecule has 2 rings (SSSR count). The minimum Gasteiger partial charge on any atom is -0.481 e. The molecule has 0 aliphatic heterocycles. The van der Waals surface area contributed by atoms with Crippen LogP contribution < -0.4 is 5.73 Å². The quantitative estimate of drug-likeness (QED) is 0.747. The summed E-state index contributed by atoms with van der Waals surface area (Å²) in [4.78, 5) is 18.2. The van der Waals surface area contributed by atoms with Gasteiger partial charge in [0.05, 0.1) is 17.5 Å². The first-order valence-electron chi connectivity index (χ1n) is 5.56. The summed E-state index contributed by atoms with van der Waals surface area (Å²) in [5.41, 5.74) is 8.41. The van der Waals surface area contributed by atoms with Crippen LogP contribution in [0.15, 0.2) is 18.2 Å². The predicted molar refractivity (Wildman–Crippen MR) is 64.7 cm³/mol. The summed E-state index contributed by atoms with van der Waals surface area (Å²) in [6.07, 6.45) is 0.769. The lowest BCUT2D eigenvalue weighted by Gasteiger charge is -2.08. The molecule has 0 bridgehead atoms. The molecule has 1 aromatic carbocycles. The maximum Gasteiger partial charge on any atom is 0.305 e. The summed E-state index contributed by atoms with van der Waals surface area (Å²) in [5.74, 6) is 0.0282. The standard InChI is InChI=1S/C12H15N3O2/c1-2-11-14-9-4-3-7(5-10(9)15-11)8(13)6-12(16)17/h3-5,8H,2,6,13H2,1H3,(H,14,15)(H,16,17). The SMILES string of the molecule is CCc1nc2ccc(C(N)CC(=O)O)cc2[nH]1. The molecular weight excluding hydrogens is 218 g/mol. The Balaban J connectivity index is 2.33. The number of hydrogen-bond acceptors (Lipinski definition) is 3. The van der Waals surface area contributed by atoms with Crippen molar-refractivity contribution >= 4 is 17.0 Å². The van der Waals surface area contributed by atoms with Gasteiger partial charge in [0.25, 0.3) is 0 Å². The number of fused-ring (bicyclic) bond motifs is 1. The number of aliphatic carboxylic acids is 1. The lowest BCUT2D eigenvalue weighted by Crippen LogP contribution is -2.14. The molecule has 0 saturated heterocycles. The van der Waals surface area contributed by atoms with Crippen molar-refractivity contribution < 1.29 is 9.90 Å². The molecule has 90 valence electrons. The number of benzene rings is 1. The van der Waals surface area contributed by atoms with Gasteiger partial charge in [0.1, 0.15) is 5.82 Å². The highest BCUT2D eigenvalue weighted by atomic mass is 16.4. The molecule has 5 nitrogen and oxygen atoms in total. The summed E-state index contributed by atoms with van der Waals surface area (Å²) >= 11 is 0. The second kappa shape index (κ2) is 4.55. The molecule has 1 unspecified atom stereocenters. The zero-order valence-corrected chi connectivity index (χ0v) is 9.60. The van der Waals surface area contributed by atoms with Crippen LogP contribution in [0.3, 0.4) is 0 Å². The van der Waals surface area contributed by atoms with E-state index in [9.17, 15) is 4.79 Å². The molecule has 17 heavy (non-hydrogen) atoms. The number of rotatable bonds is 4. The Morgan fingerprint density at radius 3 is 3.00 bits per heavy atom. The van der Waals surface area contributed by atoms with Crippen molar-refractivity contribution in [3.63, 3.8) is 0 Å². The smallest absolute Gasteiger partial charge is 0.305 e. The average molecular weight is 233 g/mol. The maximum atomic E-state index is 10.6. The van der Waals surface area contributed by atoms with Crippen LogP contribution in [0, 0.1) is 0 Å². The van der Waals surface area contributed by atoms with E-state index in [0.29, 0.717) is 0 Å². The van der Waals surface area contributed by atoms with Crippen molar-refractivity contribution in [3.8, 4) is 0 Å². The number of aryl methyl sites for hydroxylation is 1. The van der Waals surface area contributed by atoms with Gasteiger partial charge >= 0.3 is 5.97 Å². The minimum absolute atomic E-state index is 0.0692. The fourth-order valence-electron chi connectivity index (χ4n) is 1.78. The molecule has 1 atom stereocenters. The Bertz CT molecular complexity index is 548. The Labute approximate surface area is 98.7 Å². The summed E-state index contributed by atoms with van der Waals surface area (Å²) < 4.78 is 0. The highest BCUT2D eigenvalue weighted by molar-refractivity contribution is 5.76. The van der Waals surface area contributed by atoms with Crippen molar-refractivity contribution in [2.24, 2.45) is 5.73 Å². The number of aromatic amines is 1. The first-order chi connectivity index (χ1) is 8.10. The monoisotopic (exact) mass is 233 g/mol. The molecule has 0 radical (unpaired) electrons. The van der Waals surface area contributed by atoms with Crippen LogP contribution in [-0.4, -0.2) is 21.0 Å². The summed E-state index contributed by atoms with van der Waals surface area (Å²) in [6.45, 7) is 2.02. The van der Waals surface area contributed by atoms with Gasteiger partial charge in [-0.05, 0) is 17.7 Å². The predicted octanol–water partition coefficient (Wildman–Crippen LogP) is 1.60. The van der Waals surface area contributed by atoms with Crippen molar-refractivity contribution in [2.75, 3.05) is 0 Å². The Kier molecular flexibility index (Phi) is 3.10. The third-order valence-electron chi connectivity index (χ3n) is 2.71. The van der Waals surface area contributed by atoms with Crippen molar-refractivity contribution in [3.05, 3.63) is 29.6 Å². The van der Waals surface area contributed by atoms with E-state index < -0.39 is 12.0 Å². The molecule has 0 aliphatic rings. The second-order valence-corrected chi connectivity index (χ2v) is 4.02. The largest absolute Gasteiger partial charge is 0.481 e. The van der Waals surface area contributed by atoms with Crippen LogP contribution in [0.5, 0.6) is 0 Å². The number of carboxylic acids is 1. The fraction of sp³-hybridized carbons (Fsp3) is 0.333. The number of hydrogen-bond donors (Lipinski definition) is 3. The van der Waals surface area contributed by atoms with Gasteiger partial charge in [-0.3, -0.25) is 4.79 Å². The number of carbonyl (C=O) groups is 1. The molecule has 5 heteroatoms. The molecule has 2 aromatic rings. The number of nitrogens with zero attached hydrogens (tertiary/aromatic N) is 1. The van der Waals surface area contributed by atoms with E-state index in [1.54, 1.807) is 0 Å². The number of carboxylic acid groups (broad SMARTS) is 1. The van der Waals surface area contributed by atoms with Gasteiger partial charge in [-0.2, -0.15) is 0 Å². The molecule has 1 heterocycles. The molecular formula is C12H15N3O2. The topological polar surface area (TPSA) is 92.0 Å². The average Bonchev–Trinajstić information content (AvgIpc) is 2.69. The lowest BCUT2D eigenvalue weighted by molar-refractivity contribution is -0.137. The van der Waals surface area contributed by atoms with Crippen LogP contribution in [0.1, 0.15) is 30.8 Å². The van der Waals surface area contributed by atoms with E-state index in [1.165, 1.54) is 0 Å². The van der Waals surface area contributed by atoms with E-state index in [0.717, 1.165) is 28.8 Å². The Morgan fingerprint density at radius 2 is 2.35 bits per heavy atom. The van der Waals surface area contributed by atoms with Gasteiger partial charge in [-0.1, -0.05) is 13.0 Å². The molecule has 0 fully saturated rings. The zero-order chi connectivity index (χ0) is 12.4. The Morgan fingerprint density at radius 1 is 1.59 bits per heavy atom. The summed E-state index contributed by atoms with van der Waals surface area (Å²) in [5, 5.41) is 8.70. The molecule has 4 N–H and O–H groups in total.